The number of anilines is 1. The minimum absolute atomic E-state index is 0.0568. The van der Waals surface area contributed by atoms with Gasteiger partial charge in [0.25, 0.3) is 0 Å². The summed E-state index contributed by atoms with van der Waals surface area (Å²) < 4.78 is 0. The first kappa shape index (κ1) is 13.3. The van der Waals surface area contributed by atoms with E-state index in [9.17, 15) is 9.90 Å². The van der Waals surface area contributed by atoms with Crippen LogP contribution in [0, 0.1) is 22.7 Å². The van der Waals surface area contributed by atoms with Crippen LogP contribution in [0.1, 0.15) is 26.0 Å². The second kappa shape index (κ2) is 4.84. The van der Waals surface area contributed by atoms with Gasteiger partial charge in [-0.1, -0.05) is 13.8 Å². The number of carbonyl (C=O) groups is 1. The smallest absolute Gasteiger partial charge is 0.311 e. The summed E-state index contributed by atoms with van der Waals surface area (Å²) in [7, 11) is 0. The Morgan fingerprint density at radius 2 is 2.26 bits per heavy atom. The van der Waals surface area contributed by atoms with E-state index in [-0.39, 0.29) is 11.6 Å². The van der Waals surface area contributed by atoms with E-state index in [0.717, 1.165) is 0 Å². The molecule has 0 bridgehead atoms. The second-order valence-electron chi connectivity index (χ2n) is 5.16. The fourth-order valence-electron chi connectivity index (χ4n) is 2.46. The Labute approximate surface area is 111 Å². The lowest BCUT2D eigenvalue weighted by atomic mass is 9.76. The molecule has 1 aromatic heterocycles. The molecule has 0 radical (unpaired) electrons. The fraction of sp³-hybridized carbons (Fsp3) is 0.538. The number of carboxylic acids is 1. The lowest BCUT2D eigenvalue weighted by molar-refractivity contribution is -0.150. The molecule has 1 unspecified atom stereocenters. The van der Waals surface area contributed by atoms with E-state index in [2.05, 4.69) is 9.97 Å². The number of hydrogen-bond acceptors (Lipinski definition) is 5. The summed E-state index contributed by atoms with van der Waals surface area (Å²) in [6, 6.07) is 1.91. The summed E-state index contributed by atoms with van der Waals surface area (Å²) in [5, 5.41) is 18.2. The monoisotopic (exact) mass is 260 g/mol. The molecule has 1 aliphatic heterocycles. The van der Waals surface area contributed by atoms with Crippen LogP contribution in [0.3, 0.4) is 0 Å². The number of nitrogens with zero attached hydrogens (tertiary/aromatic N) is 4. The average Bonchev–Trinajstić information content (AvgIpc) is 2.85. The van der Waals surface area contributed by atoms with E-state index in [1.165, 1.54) is 12.4 Å². The lowest BCUT2D eigenvalue weighted by Crippen LogP contribution is -2.39. The van der Waals surface area contributed by atoms with Crippen LogP contribution in [0.15, 0.2) is 12.4 Å². The van der Waals surface area contributed by atoms with E-state index in [0.29, 0.717) is 25.3 Å². The normalized spacial score (nSPS) is 22.5. The minimum Gasteiger partial charge on any atom is -0.481 e. The molecule has 1 N–H and O–H groups in total. The predicted octanol–water partition coefficient (Wildman–Crippen LogP) is 1.29. The molecule has 0 saturated carbocycles. The van der Waals surface area contributed by atoms with E-state index in [4.69, 9.17) is 5.26 Å². The van der Waals surface area contributed by atoms with Gasteiger partial charge in [-0.05, 0) is 12.3 Å². The highest BCUT2D eigenvalue weighted by Gasteiger charge is 2.47. The molecule has 0 aromatic carbocycles. The lowest BCUT2D eigenvalue weighted by Gasteiger charge is -2.28. The second-order valence-corrected chi connectivity index (χ2v) is 5.16. The Balaban J connectivity index is 2.21. The number of nitriles is 1. The molecule has 2 heterocycles. The quantitative estimate of drug-likeness (QED) is 0.880. The maximum absolute atomic E-state index is 11.5. The van der Waals surface area contributed by atoms with Gasteiger partial charge in [-0.15, -0.1) is 0 Å². The zero-order chi connectivity index (χ0) is 14.0. The molecule has 0 aliphatic carbocycles. The largest absolute Gasteiger partial charge is 0.481 e. The number of carboxylic acid groups (broad SMARTS) is 1. The molecule has 6 nitrogen and oxygen atoms in total. The van der Waals surface area contributed by atoms with Gasteiger partial charge in [0.1, 0.15) is 11.9 Å². The zero-order valence-electron chi connectivity index (χ0n) is 11.0. The molecule has 1 atom stereocenters. The van der Waals surface area contributed by atoms with Crippen molar-refractivity contribution in [2.75, 3.05) is 18.0 Å². The molecule has 100 valence electrons. The summed E-state index contributed by atoms with van der Waals surface area (Å²) in [5.74, 6) is -0.0734. The maximum Gasteiger partial charge on any atom is 0.311 e. The van der Waals surface area contributed by atoms with Crippen LogP contribution >= 0.6 is 0 Å². The van der Waals surface area contributed by atoms with Crippen molar-refractivity contribution in [1.29, 1.82) is 5.26 Å². The van der Waals surface area contributed by atoms with Crippen molar-refractivity contribution in [1.82, 2.24) is 9.97 Å². The van der Waals surface area contributed by atoms with Crippen LogP contribution in [0.5, 0.6) is 0 Å². The maximum atomic E-state index is 11.5. The molecule has 6 heteroatoms. The van der Waals surface area contributed by atoms with Crippen molar-refractivity contribution in [3.05, 3.63) is 18.1 Å². The zero-order valence-corrected chi connectivity index (χ0v) is 11.0. The van der Waals surface area contributed by atoms with Gasteiger partial charge in [-0.3, -0.25) is 4.79 Å². The number of aliphatic carboxylic acids is 1. The minimum atomic E-state index is -0.758. The highest BCUT2D eigenvalue weighted by atomic mass is 16.4. The number of hydrogen-bond donors (Lipinski definition) is 1. The van der Waals surface area contributed by atoms with Crippen molar-refractivity contribution >= 4 is 11.8 Å². The fourth-order valence-corrected chi connectivity index (χ4v) is 2.46. The highest BCUT2D eigenvalue weighted by Crippen LogP contribution is 2.39. The van der Waals surface area contributed by atoms with Gasteiger partial charge in [0.15, 0.2) is 5.69 Å². The Kier molecular flexibility index (Phi) is 3.38. The van der Waals surface area contributed by atoms with Crippen LogP contribution in [0.25, 0.3) is 0 Å². The van der Waals surface area contributed by atoms with Gasteiger partial charge in [-0.25, -0.2) is 9.97 Å². The van der Waals surface area contributed by atoms with E-state index >= 15 is 0 Å². The van der Waals surface area contributed by atoms with Crippen LogP contribution in [0.4, 0.5) is 5.82 Å². The van der Waals surface area contributed by atoms with Gasteiger partial charge in [-0.2, -0.15) is 5.26 Å². The van der Waals surface area contributed by atoms with Gasteiger partial charge in [0.2, 0.25) is 0 Å². The summed E-state index contributed by atoms with van der Waals surface area (Å²) >= 11 is 0. The van der Waals surface area contributed by atoms with Crippen LogP contribution in [-0.2, 0) is 4.79 Å². The van der Waals surface area contributed by atoms with E-state index in [1.54, 1.807) is 0 Å². The summed E-state index contributed by atoms with van der Waals surface area (Å²) in [6.45, 7) is 4.94. The first-order valence-corrected chi connectivity index (χ1v) is 6.20. The number of rotatable bonds is 3. The first-order chi connectivity index (χ1) is 8.99. The van der Waals surface area contributed by atoms with Crippen LogP contribution < -0.4 is 4.90 Å². The van der Waals surface area contributed by atoms with Gasteiger partial charge < -0.3 is 10.0 Å². The van der Waals surface area contributed by atoms with Gasteiger partial charge >= 0.3 is 5.97 Å². The average molecular weight is 260 g/mol. The number of aromatic nitrogens is 2. The Hall–Kier alpha value is -2.16. The Morgan fingerprint density at radius 1 is 1.53 bits per heavy atom. The van der Waals surface area contributed by atoms with Crippen molar-refractivity contribution in [3.8, 4) is 6.07 Å². The predicted molar refractivity (Wildman–Crippen MR) is 68.5 cm³/mol. The molecule has 19 heavy (non-hydrogen) atoms. The molecule has 1 fully saturated rings. The Morgan fingerprint density at radius 3 is 2.68 bits per heavy atom. The highest BCUT2D eigenvalue weighted by molar-refractivity contribution is 5.77. The van der Waals surface area contributed by atoms with Crippen molar-refractivity contribution in [3.63, 3.8) is 0 Å². The van der Waals surface area contributed by atoms with E-state index in [1.807, 2.05) is 24.8 Å². The summed E-state index contributed by atoms with van der Waals surface area (Å²) in [4.78, 5) is 21.6. The van der Waals surface area contributed by atoms with Gasteiger partial charge in [0.05, 0.1) is 17.8 Å². The van der Waals surface area contributed by atoms with Crippen molar-refractivity contribution in [2.24, 2.45) is 11.3 Å². The third-order valence-electron chi connectivity index (χ3n) is 3.91. The molecular formula is C13H16N4O2. The molecule has 1 saturated heterocycles. The summed E-state index contributed by atoms with van der Waals surface area (Å²) in [6.07, 6.45) is 3.53. The Bertz CT molecular complexity index is 520. The molecular weight excluding hydrogens is 244 g/mol. The molecule has 1 aliphatic rings. The summed E-state index contributed by atoms with van der Waals surface area (Å²) in [5.41, 5.74) is -0.466. The van der Waals surface area contributed by atoms with Crippen LogP contribution in [-0.4, -0.2) is 34.1 Å². The van der Waals surface area contributed by atoms with Crippen LogP contribution in [0.2, 0.25) is 0 Å². The molecule has 2 rings (SSSR count). The molecule has 0 amide bonds. The van der Waals surface area contributed by atoms with Crippen molar-refractivity contribution < 1.29 is 9.90 Å². The standard InChI is InChI=1S/C13H16N4O2/c1-9(2)13(12(18)19)3-4-17(8-13)11-7-15-10(5-14)6-16-11/h6-7,9H,3-4,8H2,1-2H3,(H,18,19). The first-order valence-electron chi connectivity index (χ1n) is 6.20. The topological polar surface area (TPSA) is 90.1 Å². The molecule has 0 spiro atoms. The molecule has 1 aromatic rings. The SMILES string of the molecule is CC(C)C1(C(=O)O)CCN(c2cnc(C#N)cn2)C1. The van der Waals surface area contributed by atoms with E-state index < -0.39 is 11.4 Å². The van der Waals surface area contributed by atoms with Crippen molar-refractivity contribution in [2.45, 2.75) is 20.3 Å². The third kappa shape index (κ3) is 2.24. The van der Waals surface area contributed by atoms with Gasteiger partial charge in [0, 0.05) is 13.1 Å². The third-order valence-corrected chi connectivity index (χ3v) is 3.91.